The molecule has 0 unspecified atom stereocenters. The first-order chi connectivity index (χ1) is 8.79. The molecular formula is C13H19N5. The molecule has 0 amide bonds. The summed E-state index contributed by atoms with van der Waals surface area (Å²) in [5.74, 6) is 0.763. The molecule has 0 aliphatic heterocycles. The van der Waals surface area contributed by atoms with Crippen molar-refractivity contribution in [3.8, 4) is 5.82 Å². The highest BCUT2D eigenvalue weighted by atomic mass is 15.3. The predicted octanol–water partition coefficient (Wildman–Crippen LogP) is 1.51. The number of hydrogen-bond acceptors (Lipinski definition) is 4. The molecule has 2 aromatic rings. The van der Waals surface area contributed by atoms with Gasteiger partial charge in [0.15, 0.2) is 5.82 Å². The molecular weight excluding hydrogens is 226 g/mol. The maximum absolute atomic E-state index is 4.31. The molecule has 0 aliphatic carbocycles. The highest BCUT2D eigenvalue weighted by molar-refractivity contribution is 5.21. The van der Waals surface area contributed by atoms with E-state index in [1.165, 1.54) is 5.56 Å². The average molecular weight is 245 g/mol. The first kappa shape index (κ1) is 12.7. The number of rotatable bonds is 6. The number of aryl methyl sites for hydroxylation is 2. The number of nitrogens with one attached hydrogen (secondary N) is 1. The zero-order chi connectivity index (χ0) is 12.8. The van der Waals surface area contributed by atoms with Gasteiger partial charge in [0.2, 0.25) is 0 Å². The van der Waals surface area contributed by atoms with Gasteiger partial charge in [0.25, 0.3) is 0 Å². The number of aromatic nitrogens is 4. The summed E-state index contributed by atoms with van der Waals surface area (Å²) in [6.45, 7) is 6.12. The lowest BCUT2D eigenvalue weighted by molar-refractivity contribution is 0.672. The van der Waals surface area contributed by atoms with Crippen molar-refractivity contribution in [1.82, 2.24) is 25.3 Å². The Balaban J connectivity index is 1.95. The van der Waals surface area contributed by atoms with Crippen molar-refractivity contribution < 1.29 is 0 Å². The van der Waals surface area contributed by atoms with E-state index in [-0.39, 0.29) is 0 Å². The Labute approximate surface area is 107 Å². The second kappa shape index (κ2) is 6.26. The molecule has 2 aromatic heterocycles. The monoisotopic (exact) mass is 245 g/mol. The van der Waals surface area contributed by atoms with Crippen molar-refractivity contribution in [1.29, 1.82) is 0 Å². The van der Waals surface area contributed by atoms with Crippen molar-refractivity contribution in [3.63, 3.8) is 0 Å². The molecule has 2 rings (SSSR count). The largest absolute Gasteiger partial charge is 0.317 e. The topological polar surface area (TPSA) is 55.6 Å². The van der Waals surface area contributed by atoms with Crippen LogP contribution < -0.4 is 5.32 Å². The third-order valence-corrected chi connectivity index (χ3v) is 2.72. The Bertz CT molecular complexity index is 474. The van der Waals surface area contributed by atoms with Crippen LogP contribution in [0.3, 0.4) is 0 Å². The summed E-state index contributed by atoms with van der Waals surface area (Å²) in [7, 11) is 0. The van der Waals surface area contributed by atoms with Gasteiger partial charge >= 0.3 is 0 Å². The fourth-order valence-corrected chi connectivity index (χ4v) is 1.72. The van der Waals surface area contributed by atoms with Gasteiger partial charge in [-0.1, -0.05) is 6.92 Å². The first-order valence-electron chi connectivity index (χ1n) is 6.34. The van der Waals surface area contributed by atoms with E-state index in [2.05, 4.69) is 27.5 Å². The summed E-state index contributed by atoms with van der Waals surface area (Å²) in [4.78, 5) is 0. The SMILES string of the molecule is CCNCCCc1cnn(-c2ccc(C)nn2)c1. The normalized spacial score (nSPS) is 10.8. The maximum atomic E-state index is 4.31. The molecule has 0 aliphatic rings. The van der Waals surface area contributed by atoms with Crippen LogP contribution in [0.15, 0.2) is 24.5 Å². The Morgan fingerprint density at radius 1 is 1.28 bits per heavy atom. The molecule has 0 fully saturated rings. The van der Waals surface area contributed by atoms with Crippen LogP contribution in [0, 0.1) is 6.92 Å². The van der Waals surface area contributed by atoms with Crippen LogP contribution in [0.25, 0.3) is 5.82 Å². The number of nitrogens with zero attached hydrogens (tertiary/aromatic N) is 4. The van der Waals surface area contributed by atoms with Gasteiger partial charge in [0.1, 0.15) is 0 Å². The zero-order valence-electron chi connectivity index (χ0n) is 10.9. The van der Waals surface area contributed by atoms with E-state index in [0.717, 1.165) is 37.4 Å². The summed E-state index contributed by atoms with van der Waals surface area (Å²) in [6.07, 6.45) is 6.07. The van der Waals surface area contributed by atoms with E-state index in [1.54, 1.807) is 4.68 Å². The number of hydrogen-bond donors (Lipinski definition) is 1. The second-order valence-corrected chi connectivity index (χ2v) is 4.28. The summed E-state index contributed by atoms with van der Waals surface area (Å²) < 4.78 is 1.77. The van der Waals surface area contributed by atoms with Crippen molar-refractivity contribution in [2.24, 2.45) is 0 Å². The fourth-order valence-electron chi connectivity index (χ4n) is 1.72. The summed E-state index contributed by atoms with van der Waals surface area (Å²) in [6, 6.07) is 3.87. The van der Waals surface area contributed by atoms with Gasteiger partial charge in [0.05, 0.1) is 11.9 Å². The predicted molar refractivity (Wildman–Crippen MR) is 70.8 cm³/mol. The lowest BCUT2D eigenvalue weighted by Crippen LogP contribution is -2.14. The standard InChI is InChI=1S/C13H19N5/c1-3-14-8-4-5-12-9-15-18(10-12)13-7-6-11(2)16-17-13/h6-7,9-10,14H,3-5,8H2,1-2H3. The Hall–Kier alpha value is -1.75. The minimum atomic E-state index is 0.763. The van der Waals surface area contributed by atoms with E-state index in [4.69, 9.17) is 0 Å². The van der Waals surface area contributed by atoms with Crippen LogP contribution in [-0.2, 0) is 6.42 Å². The quantitative estimate of drug-likeness (QED) is 0.784. The van der Waals surface area contributed by atoms with Gasteiger partial charge < -0.3 is 5.32 Å². The minimum Gasteiger partial charge on any atom is -0.317 e. The van der Waals surface area contributed by atoms with Crippen molar-refractivity contribution in [2.45, 2.75) is 26.7 Å². The maximum Gasteiger partial charge on any atom is 0.175 e. The van der Waals surface area contributed by atoms with Crippen molar-refractivity contribution in [3.05, 3.63) is 35.8 Å². The smallest absolute Gasteiger partial charge is 0.175 e. The molecule has 0 atom stereocenters. The van der Waals surface area contributed by atoms with Crippen LogP contribution in [0.5, 0.6) is 0 Å². The molecule has 0 aromatic carbocycles. The van der Waals surface area contributed by atoms with E-state index >= 15 is 0 Å². The minimum absolute atomic E-state index is 0.763. The van der Waals surface area contributed by atoms with Crippen LogP contribution in [0.1, 0.15) is 24.6 Å². The lowest BCUT2D eigenvalue weighted by atomic mass is 10.2. The van der Waals surface area contributed by atoms with Crippen LogP contribution >= 0.6 is 0 Å². The van der Waals surface area contributed by atoms with E-state index in [0.29, 0.717) is 0 Å². The molecule has 5 nitrogen and oxygen atoms in total. The Morgan fingerprint density at radius 2 is 2.17 bits per heavy atom. The lowest BCUT2D eigenvalue weighted by Gasteiger charge is -2.00. The van der Waals surface area contributed by atoms with Crippen LogP contribution in [0.4, 0.5) is 0 Å². The molecule has 2 heterocycles. The summed E-state index contributed by atoms with van der Waals surface area (Å²) >= 11 is 0. The van der Waals surface area contributed by atoms with Gasteiger partial charge in [-0.15, -0.1) is 5.10 Å². The zero-order valence-corrected chi connectivity index (χ0v) is 10.9. The van der Waals surface area contributed by atoms with E-state index in [1.807, 2.05) is 31.5 Å². The van der Waals surface area contributed by atoms with Gasteiger partial charge in [-0.25, -0.2) is 4.68 Å². The highest BCUT2D eigenvalue weighted by Crippen LogP contribution is 2.06. The molecule has 0 bridgehead atoms. The Morgan fingerprint density at radius 3 is 2.89 bits per heavy atom. The van der Waals surface area contributed by atoms with Crippen LogP contribution in [0.2, 0.25) is 0 Å². The molecule has 96 valence electrons. The van der Waals surface area contributed by atoms with Gasteiger partial charge in [-0.2, -0.15) is 10.2 Å². The molecule has 0 radical (unpaired) electrons. The van der Waals surface area contributed by atoms with E-state index < -0.39 is 0 Å². The fraction of sp³-hybridized carbons (Fsp3) is 0.462. The molecule has 0 saturated heterocycles. The summed E-state index contributed by atoms with van der Waals surface area (Å²) in [5.41, 5.74) is 2.15. The molecule has 5 heteroatoms. The van der Waals surface area contributed by atoms with Crippen molar-refractivity contribution in [2.75, 3.05) is 13.1 Å². The van der Waals surface area contributed by atoms with E-state index in [9.17, 15) is 0 Å². The van der Waals surface area contributed by atoms with Crippen LogP contribution in [-0.4, -0.2) is 33.1 Å². The molecule has 0 saturated carbocycles. The Kier molecular flexibility index (Phi) is 4.41. The average Bonchev–Trinajstić information content (AvgIpc) is 2.84. The molecule has 0 spiro atoms. The van der Waals surface area contributed by atoms with Gasteiger partial charge in [-0.3, -0.25) is 0 Å². The highest BCUT2D eigenvalue weighted by Gasteiger charge is 2.02. The molecule has 18 heavy (non-hydrogen) atoms. The van der Waals surface area contributed by atoms with Gasteiger partial charge in [0, 0.05) is 6.20 Å². The van der Waals surface area contributed by atoms with Gasteiger partial charge in [-0.05, 0) is 50.6 Å². The second-order valence-electron chi connectivity index (χ2n) is 4.28. The molecule has 1 N–H and O–H groups in total. The third-order valence-electron chi connectivity index (χ3n) is 2.72. The van der Waals surface area contributed by atoms with Crippen molar-refractivity contribution >= 4 is 0 Å². The third kappa shape index (κ3) is 3.37. The first-order valence-corrected chi connectivity index (χ1v) is 6.34. The summed E-state index contributed by atoms with van der Waals surface area (Å²) in [5, 5.41) is 15.8.